The van der Waals surface area contributed by atoms with Crippen LogP contribution in [-0.2, 0) is 9.53 Å². The number of hydrogen-bond acceptors (Lipinski definition) is 3. The average molecular weight is 239 g/mol. The number of amides is 1. The zero-order valence-electron chi connectivity index (χ0n) is 9.75. The zero-order valence-corrected chi connectivity index (χ0v) is 9.75. The Bertz CT molecular complexity index is 432. The van der Waals surface area contributed by atoms with Crippen molar-refractivity contribution in [2.45, 2.75) is 19.8 Å². The molecule has 1 rings (SSSR count). The third-order valence-corrected chi connectivity index (χ3v) is 2.13. The van der Waals surface area contributed by atoms with Crippen molar-refractivity contribution in [1.82, 2.24) is 0 Å². The molecular formula is C12H14FNO3. The number of carbonyl (C=O) groups is 2. The summed E-state index contributed by atoms with van der Waals surface area (Å²) in [6.07, 6.45) is 1.10. The van der Waals surface area contributed by atoms with E-state index in [1.165, 1.54) is 19.2 Å². The second-order valence-corrected chi connectivity index (χ2v) is 3.48. The van der Waals surface area contributed by atoms with Gasteiger partial charge in [-0.05, 0) is 24.6 Å². The predicted molar refractivity (Wildman–Crippen MR) is 61.3 cm³/mol. The summed E-state index contributed by atoms with van der Waals surface area (Å²) in [6, 6.07) is 3.78. The molecule has 0 aliphatic carbocycles. The van der Waals surface area contributed by atoms with Gasteiger partial charge in [-0.15, -0.1) is 0 Å². The highest BCUT2D eigenvalue weighted by atomic mass is 19.1. The minimum atomic E-state index is -0.769. The molecule has 0 atom stereocenters. The van der Waals surface area contributed by atoms with Crippen LogP contribution in [0.4, 0.5) is 10.1 Å². The predicted octanol–water partition coefficient (Wildman–Crippen LogP) is 2.35. The summed E-state index contributed by atoms with van der Waals surface area (Å²) >= 11 is 0. The number of rotatable bonds is 4. The number of carbonyl (C=O) groups excluding carboxylic acids is 2. The van der Waals surface area contributed by atoms with E-state index in [1.807, 2.05) is 6.92 Å². The van der Waals surface area contributed by atoms with E-state index in [2.05, 4.69) is 10.1 Å². The molecule has 5 heteroatoms. The highest BCUT2D eigenvalue weighted by Crippen LogP contribution is 2.16. The maximum absolute atomic E-state index is 13.3. The molecule has 0 radical (unpaired) electrons. The monoisotopic (exact) mass is 239 g/mol. The number of methoxy groups -OCH3 is 1. The van der Waals surface area contributed by atoms with Gasteiger partial charge in [-0.2, -0.15) is 0 Å². The first kappa shape index (κ1) is 13.2. The van der Waals surface area contributed by atoms with Gasteiger partial charge in [-0.25, -0.2) is 9.18 Å². The van der Waals surface area contributed by atoms with Crippen LogP contribution < -0.4 is 5.32 Å². The van der Waals surface area contributed by atoms with Crippen LogP contribution in [0, 0.1) is 5.82 Å². The van der Waals surface area contributed by atoms with Gasteiger partial charge in [0.1, 0.15) is 5.82 Å². The van der Waals surface area contributed by atoms with Crippen LogP contribution in [0.25, 0.3) is 0 Å². The topological polar surface area (TPSA) is 55.4 Å². The Kier molecular flexibility index (Phi) is 4.63. The molecule has 0 fully saturated rings. The van der Waals surface area contributed by atoms with Crippen LogP contribution >= 0.6 is 0 Å². The van der Waals surface area contributed by atoms with Crippen LogP contribution in [0.15, 0.2) is 18.2 Å². The van der Waals surface area contributed by atoms with Crippen molar-refractivity contribution >= 4 is 17.6 Å². The summed E-state index contributed by atoms with van der Waals surface area (Å²) in [5, 5.41) is 2.58. The molecule has 0 unspecified atom stereocenters. The fourth-order valence-corrected chi connectivity index (χ4v) is 1.32. The van der Waals surface area contributed by atoms with Gasteiger partial charge < -0.3 is 10.1 Å². The fraction of sp³-hybridized carbons (Fsp3) is 0.333. The number of anilines is 1. The molecule has 0 aliphatic heterocycles. The van der Waals surface area contributed by atoms with Crippen molar-refractivity contribution in [1.29, 1.82) is 0 Å². The van der Waals surface area contributed by atoms with Gasteiger partial charge in [0.05, 0.1) is 12.7 Å². The summed E-state index contributed by atoms with van der Waals surface area (Å²) in [4.78, 5) is 22.6. The number of esters is 1. The van der Waals surface area contributed by atoms with Crippen LogP contribution in [0.5, 0.6) is 0 Å². The van der Waals surface area contributed by atoms with Crippen LogP contribution in [0.1, 0.15) is 30.1 Å². The summed E-state index contributed by atoms with van der Waals surface area (Å²) < 4.78 is 17.7. The fourth-order valence-electron chi connectivity index (χ4n) is 1.32. The molecule has 92 valence electrons. The lowest BCUT2D eigenvalue weighted by molar-refractivity contribution is -0.116. The molecule has 0 saturated heterocycles. The molecule has 1 aromatic rings. The molecule has 1 N–H and O–H groups in total. The first-order valence-electron chi connectivity index (χ1n) is 5.26. The summed E-state index contributed by atoms with van der Waals surface area (Å²) in [6.45, 7) is 1.88. The van der Waals surface area contributed by atoms with Crippen molar-refractivity contribution in [3.8, 4) is 0 Å². The first-order chi connectivity index (χ1) is 8.08. The molecule has 4 nitrogen and oxygen atoms in total. The lowest BCUT2D eigenvalue weighted by Crippen LogP contribution is -2.12. The van der Waals surface area contributed by atoms with Gasteiger partial charge in [0, 0.05) is 12.1 Å². The molecule has 0 bridgehead atoms. The van der Waals surface area contributed by atoms with Gasteiger partial charge >= 0.3 is 5.97 Å². The van der Waals surface area contributed by atoms with Gasteiger partial charge in [0.25, 0.3) is 0 Å². The SMILES string of the molecule is CCCC(=O)Nc1ccc(F)c(C(=O)OC)c1. The molecular weight excluding hydrogens is 225 g/mol. The van der Waals surface area contributed by atoms with Crippen molar-refractivity contribution in [2.24, 2.45) is 0 Å². The number of ether oxygens (including phenoxy) is 1. The van der Waals surface area contributed by atoms with Crippen LogP contribution in [-0.4, -0.2) is 19.0 Å². The summed E-state index contributed by atoms with van der Waals surface area (Å²) in [5.74, 6) is -1.62. The van der Waals surface area contributed by atoms with Gasteiger partial charge in [-0.1, -0.05) is 6.92 Å². The largest absolute Gasteiger partial charge is 0.465 e. The Morgan fingerprint density at radius 1 is 1.41 bits per heavy atom. The van der Waals surface area contributed by atoms with Crippen molar-refractivity contribution in [3.63, 3.8) is 0 Å². The summed E-state index contributed by atoms with van der Waals surface area (Å²) in [7, 11) is 1.17. The van der Waals surface area contributed by atoms with Crippen LogP contribution in [0.3, 0.4) is 0 Å². The normalized spacial score (nSPS) is 9.82. The number of hydrogen-bond donors (Lipinski definition) is 1. The van der Waals surface area contributed by atoms with E-state index in [1.54, 1.807) is 0 Å². The van der Waals surface area contributed by atoms with E-state index >= 15 is 0 Å². The summed E-state index contributed by atoms with van der Waals surface area (Å²) in [5.41, 5.74) is 0.187. The van der Waals surface area contributed by atoms with Crippen molar-refractivity contribution in [2.75, 3.05) is 12.4 Å². The quantitative estimate of drug-likeness (QED) is 0.820. The van der Waals surface area contributed by atoms with Crippen molar-refractivity contribution in [3.05, 3.63) is 29.6 Å². The highest BCUT2D eigenvalue weighted by molar-refractivity contribution is 5.94. The number of nitrogens with one attached hydrogen (secondary N) is 1. The molecule has 1 aromatic carbocycles. The van der Waals surface area contributed by atoms with E-state index in [-0.39, 0.29) is 11.5 Å². The average Bonchev–Trinajstić information content (AvgIpc) is 2.31. The first-order valence-corrected chi connectivity index (χ1v) is 5.26. The highest BCUT2D eigenvalue weighted by Gasteiger charge is 2.13. The van der Waals surface area contributed by atoms with E-state index in [4.69, 9.17) is 0 Å². The Morgan fingerprint density at radius 2 is 2.12 bits per heavy atom. The van der Waals surface area contributed by atoms with Gasteiger partial charge in [-0.3, -0.25) is 4.79 Å². The van der Waals surface area contributed by atoms with E-state index in [9.17, 15) is 14.0 Å². The van der Waals surface area contributed by atoms with E-state index in [0.717, 1.165) is 12.5 Å². The number of benzene rings is 1. The minimum absolute atomic E-state index is 0.171. The maximum Gasteiger partial charge on any atom is 0.340 e. The Hall–Kier alpha value is -1.91. The van der Waals surface area contributed by atoms with Gasteiger partial charge in [0.2, 0.25) is 5.91 Å². The maximum atomic E-state index is 13.3. The molecule has 0 heterocycles. The van der Waals surface area contributed by atoms with Crippen LogP contribution in [0.2, 0.25) is 0 Å². The molecule has 0 aromatic heterocycles. The standard InChI is InChI=1S/C12H14FNO3/c1-3-4-11(15)14-8-5-6-10(13)9(7-8)12(16)17-2/h5-7H,3-4H2,1-2H3,(H,14,15). The van der Waals surface area contributed by atoms with Gasteiger partial charge in [0.15, 0.2) is 0 Å². The Labute approximate surface area is 98.8 Å². The molecule has 0 spiro atoms. The second kappa shape index (κ2) is 5.98. The lowest BCUT2D eigenvalue weighted by atomic mass is 10.2. The minimum Gasteiger partial charge on any atom is -0.465 e. The molecule has 1 amide bonds. The molecule has 17 heavy (non-hydrogen) atoms. The number of halogens is 1. The van der Waals surface area contributed by atoms with E-state index in [0.29, 0.717) is 12.1 Å². The second-order valence-electron chi connectivity index (χ2n) is 3.48. The van der Waals surface area contributed by atoms with E-state index < -0.39 is 11.8 Å². The Morgan fingerprint density at radius 3 is 2.71 bits per heavy atom. The lowest BCUT2D eigenvalue weighted by Gasteiger charge is -2.07. The zero-order chi connectivity index (χ0) is 12.8. The molecule has 0 aliphatic rings. The third kappa shape index (κ3) is 3.55. The smallest absolute Gasteiger partial charge is 0.340 e. The Balaban J connectivity index is 2.89. The third-order valence-electron chi connectivity index (χ3n) is 2.13. The van der Waals surface area contributed by atoms with Crippen molar-refractivity contribution < 1.29 is 18.7 Å². The molecule has 0 saturated carbocycles.